The Morgan fingerprint density at radius 1 is 1.12 bits per heavy atom. The number of nitrogens with zero attached hydrogens (tertiary/aromatic N) is 7. The number of H-pyrrole nitrogens is 1. The highest BCUT2D eigenvalue weighted by Crippen LogP contribution is 2.53. The molecule has 4 aromatic rings. The Balaban J connectivity index is 1.29. The van der Waals surface area contributed by atoms with Crippen LogP contribution < -0.4 is 14.5 Å². The summed E-state index contributed by atoms with van der Waals surface area (Å²) < 4.78 is 48.0. The van der Waals surface area contributed by atoms with Gasteiger partial charge < -0.3 is 24.3 Å². The largest absolute Gasteiger partial charge is 0.481 e. The van der Waals surface area contributed by atoms with Crippen molar-refractivity contribution < 1.29 is 22.7 Å². The maximum Gasteiger partial charge on any atom is 0.422 e. The highest BCUT2D eigenvalue weighted by Gasteiger charge is 2.47. The smallest absolute Gasteiger partial charge is 0.422 e. The molecule has 10 nitrogen and oxygen atoms in total. The van der Waals surface area contributed by atoms with E-state index in [0.717, 1.165) is 91.8 Å². The fourth-order valence-corrected chi connectivity index (χ4v) is 8.05. The van der Waals surface area contributed by atoms with Crippen LogP contribution in [0.1, 0.15) is 49.7 Å². The first-order valence-corrected chi connectivity index (χ1v) is 17.6. The number of halogens is 3. The van der Waals surface area contributed by atoms with E-state index in [9.17, 15) is 18.0 Å². The summed E-state index contributed by atoms with van der Waals surface area (Å²) in [5.41, 5.74) is 4.62. The Hall–Kier alpha value is -4.39. The molecule has 50 heavy (non-hydrogen) atoms. The fourth-order valence-electron chi connectivity index (χ4n) is 8.05. The molecule has 1 N–H and O–H groups in total. The molecule has 4 fully saturated rings. The van der Waals surface area contributed by atoms with E-state index in [1.54, 1.807) is 6.20 Å². The molecule has 264 valence electrons. The van der Waals surface area contributed by atoms with Crippen molar-refractivity contribution in [1.29, 1.82) is 0 Å². The first-order chi connectivity index (χ1) is 24.0. The number of carbonyl (C=O) groups is 1. The van der Waals surface area contributed by atoms with Crippen molar-refractivity contribution in [1.82, 2.24) is 30.0 Å². The Morgan fingerprint density at radius 2 is 1.86 bits per heavy atom. The normalized spacial score (nSPS) is 19.4. The highest BCUT2D eigenvalue weighted by molar-refractivity contribution is 6.06. The predicted molar refractivity (Wildman–Crippen MR) is 188 cm³/mol. The average Bonchev–Trinajstić information content (AvgIpc) is 3.80. The number of alkyl halides is 3. The molecular formula is C37H43F3N8O2. The van der Waals surface area contributed by atoms with Crippen molar-refractivity contribution in [3.05, 3.63) is 48.2 Å². The van der Waals surface area contributed by atoms with Crippen LogP contribution in [0.15, 0.2) is 37.1 Å². The number of hydrogen-bond donors (Lipinski definition) is 1. The van der Waals surface area contributed by atoms with E-state index < -0.39 is 12.8 Å². The molecule has 0 bridgehead atoms. The number of amides is 1. The van der Waals surface area contributed by atoms with Crippen LogP contribution in [-0.2, 0) is 4.79 Å². The minimum Gasteiger partial charge on any atom is -0.481 e. The van der Waals surface area contributed by atoms with Crippen molar-refractivity contribution in [2.24, 2.45) is 5.41 Å². The third-order valence-electron chi connectivity index (χ3n) is 11.4. The molecule has 0 atom stereocenters. The van der Waals surface area contributed by atoms with Gasteiger partial charge in [0, 0.05) is 67.1 Å². The number of aryl methyl sites for hydroxylation is 1. The maximum atomic E-state index is 14.0. The summed E-state index contributed by atoms with van der Waals surface area (Å²) in [6.45, 7) is 11.5. The maximum absolute atomic E-state index is 14.0. The van der Waals surface area contributed by atoms with Gasteiger partial charge >= 0.3 is 6.18 Å². The van der Waals surface area contributed by atoms with Crippen LogP contribution in [0.2, 0.25) is 0 Å². The van der Waals surface area contributed by atoms with E-state index in [0.29, 0.717) is 41.5 Å². The quantitative estimate of drug-likeness (QED) is 0.213. The topological polar surface area (TPSA) is 93.7 Å². The zero-order chi connectivity index (χ0) is 34.9. The second-order valence-electron chi connectivity index (χ2n) is 14.7. The number of likely N-dealkylation sites (N-methyl/N-ethyl adjacent to an activating group) is 1. The molecule has 2 aromatic carbocycles. The number of likely N-dealkylation sites (tertiary alicyclic amines) is 1. The lowest BCUT2D eigenvalue weighted by Crippen LogP contribution is -2.61. The Morgan fingerprint density at radius 3 is 2.52 bits per heavy atom. The first-order valence-electron chi connectivity index (χ1n) is 17.6. The van der Waals surface area contributed by atoms with Crippen LogP contribution in [0.4, 0.5) is 24.9 Å². The van der Waals surface area contributed by atoms with E-state index in [1.165, 1.54) is 6.08 Å². The van der Waals surface area contributed by atoms with E-state index in [2.05, 4.69) is 51.5 Å². The minimum absolute atomic E-state index is 0.0396. The van der Waals surface area contributed by atoms with Gasteiger partial charge in [0.1, 0.15) is 11.3 Å². The molecule has 13 heteroatoms. The van der Waals surface area contributed by atoms with Gasteiger partial charge in [0.2, 0.25) is 11.9 Å². The summed E-state index contributed by atoms with van der Waals surface area (Å²) in [7, 11) is 2.09. The number of hydrogen-bond acceptors (Lipinski definition) is 8. The number of aromatic amines is 1. The van der Waals surface area contributed by atoms with Gasteiger partial charge in [-0.1, -0.05) is 19.6 Å². The van der Waals surface area contributed by atoms with Crippen LogP contribution in [0.25, 0.3) is 32.9 Å². The van der Waals surface area contributed by atoms with Gasteiger partial charge in [-0.2, -0.15) is 23.3 Å². The van der Waals surface area contributed by atoms with Gasteiger partial charge in [0.25, 0.3) is 0 Å². The summed E-state index contributed by atoms with van der Waals surface area (Å²) in [6.07, 6.45) is 2.21. The van der Waals surface area contributed by atoms with Crippen LogP contribution in [0.5, 0.6) is 5.75 Å². The molecular weight excluding hydrogens is 645 g/mol. The van der Waals surface area contributed by atoms with Gasteiger partial charge in [-0.15, -0.1) is 0 Å². The van der Waals surface area contributed by atoms with Gasteiger partial charge in [-0.3, -0.25) is 9.89 Å². The molecule has 5 heterocycles. The number of anilines is 2. The van der Waals surface area contributed by atoms with Crippen molar-refractivity contribution in [3.8, 4) is 16.9 Å². The second-order valence-corrected chi connectivity index (χ2v) is 14.7. The second kappa shape index (κ2) is 12.1. The molecule has 3 aliphatic heterocycles. The number of aromatic nitrogens is 4. The standard InChI is InChI=1S/C37H43F3N8O2/c1-5-29(49)48-19-36(20-48)11-13-46(14-12-36)34-26-15-25(23-8-9-23)31(30-22(3)7-10-28-27(30)16-41-44-28)33(50-21-37(38,39)40)32(26)42-35(43-34)47-17-24(18-47)45(4)6-2/h5,7,10,15-16,23-24H,1,6,8-9,11-14,17-21H2,2-4H3,(H,41,44). The number of ether oxygens (including phenoxy) is 1. The summed E-state index contributed by atoms with van der Waals surface area (Å²) >= 11 is 0. The van der Waals surface area contributed by atoms with Crippen molar-refractivity contribution >= 4 is 39.5 Å². The van der Waals surface area contributed by atoms with Crippen molar-refractivity contribution in [2.45, 2.75) is 57.7 Å². The lowest BCUT2D eigenvalue weighted by Gasteiger charge is -2.54. The van der Waals surface area contributed by atoms with E-state index in [4.69, 9.17) is 14.7 Å². The number of fused-ring (bicyclic) bond motifs is 2. The lowest BCUT2D eigenvalue weighted by molar-refractivity contribution is -0.153. The molecule has 1 aliphatic carbocycles. The van der Waals surface area contributed by atoms with Crippen LogP contribution >= 0.6 is 0 Å². The molecule has 4 aliphatic rings. The Bertz CT molecular complexity index is 1970. The van der Waals surface area contributed by atoms with E-state index >= 15 is 0 Å². The van der Waals surface area contributed by atoms with E-state index in [-0.39, 0.29) is 23.0 Å². The van der Waals surface area contributed by atoms with Gasteiger partial charge in [-0.05, 0) is 87.0 Å². The SMILES string of the molecule is C=CC(=O)N1CC2(CCN(c3nc(N4CC(N(C)CC)C4)nc4c(OCC(F)(F)F)c(-c5c(C)ccc6[nH]ncc56)c(C5CC5)cc34)CC2)C1. The molecule has 1 saturated carbocycles. The van der Waals surface area contributed by atoms with Crippen molar-refractivity contribution in [2.75, 3.05) is 69.3 Å². The number of carbonyl (C=O) groups excluding carboxylic acids is 1. The zero-order valence-corrected chi connectivity index (χ0v) is 28.8. The molecule has 1 spiro atoms. The molecule has 0 radical (unpaired) electrons. The van der Waals surface area contributed by atoms with Gasteiger partial charge in [0.05, 0.1) is 11.7 Å². The summed E-state index contributed by atoms with van der Waals surface area (Å²) in [5.74, 6) is 1.53. The number of benzene rings is 2. The van der Waals surface area contributed by atoms with Crippen LogP contribution in [-0.4, -0.2) is 108 Å². The third-order valence-corrected chi connectivity index (χ3v) is 11.4. The summed E-state index contributed by atoms with van der Waals surface area (Å²) in [5, 5.41) is 8.86. The third kappa shape index (κ3) is 5.72. The van der Waals surface area contributed by atoms with Crippen LogP contribution in [0.3, 0.4) is 0 Å². The van der Waals surface area contributed by atoms with Crippen LogP contribution in [0, 0.1) is 12.3 Å². The summed E-state index contributed by atoms with van der Waals surface area (Å²) in [6, 6.07) is 6.38. The molecule has 1 amide bonds. The lowest BCUT2D eigenvalue weighted by atomic mass is 9.72. The van der Waals surface area contributed by atoms with Gasteiger partial charge in [-0.25, -0.2) is 4.98 Å². The molecule has 3 saturated heterocycles. The monoisotopic (exact) mass is 688 g/mol. The number of piperidine rings is 1. The molecule has 0 unspecified atom stereocenters. The van der Waals surface area contributed by atoms with Gasteiger partial charge in [0.15, 0.2) is 12.4 Å². The zero-order valence-electron chi connectivity index (χ0n) is 28.8. The number of nitrogens with one attached hydrogen (secondary N) is 1. The average molecular weight is 689 g/mol. The summed E-state index contributed by atoms with van der Waals surface area (Å²) in [4.78, 5) is 31.0. The predicted octanol–water partition coefficient (Wildman–Crippen LogP) is 6.06. The fraction of sp³-hybridized carbons (Fsp3) is 0.514. The number of rotatable bonds is 9. The minimum atomic E-state index is -4.55. The Labute approximate surface area is 289 Å². The molecule has 2 aromatic heterocycles. The highest BCUT2D eigenvalue weighted by atomic mass is 19.4. The Kier molecular flexibility index (Phi) is 7.96. The van der Waals surface area contributed by atoms with Crippen molar-refractivity contribution in [3.63, 3.8) is 0 Å². The van der Waals surface area contributed by atoms with E-state index in [1.807, 2.05) is 24.0 Å². The first kappa shape index (κ1) is 32.8. The molecule has 8 rings (SSSR count).